The van der Waals surface area contributed by atoms with E-state index in [0.717, 1.165) is 11.8 Å². The summed E-state index contributed by atoms with van der Waals surface area (Å²) in [6.45, 7) is -0.198. The number of carboxylic acid groups (broad SMARTS) is 1. The minimum Gasteiger partial charge on any atom is -0.480 e. The van der Waals surface area contributed by atoms with Gasteiger partial charge in [0, 0.05) is 6.92 Å². The third-order valence-electron chi connectivity index (χ3n) is 5.32. The number of hydrogen-bond acceptors (Lipinski definition) is 13. The van der Waals surface area contributed by atoms with Gasteiger partial charge in [-0.1, -0.05) is 0 Å². The van der Waals surface area contributed by atoms with Gasteiger partial charge in [0.15, 0.2) is 6.29 Å². The van der Waals surface area contributed by atoms with Crippen molar-refractivity contribution in [2.24, 2.45) is 0 Å². The third-order valence-corrected chi connectivity index (χ3v) is 6.51. The molecule has 0 saturated carbocycles. The fraction of sp³-hybridized carbons (Fsp3) is 0.889. The Morgan fingerprint density at radius 3 is 2.12 bits per heavy atom. The molecule has 2 aliphatic heterocycles. The second-order valence-corrected chi connectivity index (χ2v) is 8.96. The maximum absolute atomic E-state index is 11.2. The summed E-state index contributed by atoms with van der Waals surface area (Å²) in [7, 11) is 0. The van der Waals surface area contributed by atoms with E-state index in [9.17, 15) is 45.3 Å². The van der Waals surface area contributed by atoms with Gasteiger partial charge in [-0.15, -0.1) is 11.8 Å². The van der Waals surface area contributed by atoms with Crippen LogP contribution in [0.3, 0.4) is 0 Å². The summed E-state index contributed by atoms with van der Waals surface area (Å²) < 4.78 is 16.3. The van der Waals surface area contributed by atoms with Crippen LogP contribution in [0.2, 0.25) is 0 Å². The molecule has 0 aromatic rings. The first-order valence-electron chi connectivity index (χ1n) is 10.2. The highest BCUT2D eigenvalue weighted by Gasteiger charge is 2.50. The first-order chi connectivity index (χ1) is 15.5. The first kappa shape index (κ1) is 28.1. The molecule has 2 rings (SSSR count). The summed E-state index contributed by atoms with van der Waals surface area (Å²) in [6.07, 6.45) is -13.8. The van der Waals surface area contributed by atoms with E-state index < -0.39 is 91.7 Å². The molecule has 11 atom stereocenters. The molecule has 1 unspecified atom stereocenters. The maximum Gasteiger partial charge on any atom is 0.326 e. The lowest BCUT2D eigenvalue weighted by Gasteiger charge is -2.46. The van der Waals surface area contributed by atoms with Crippen LogP contribution in [0.15, 0.2) is 0 Å². The molecule has 0 aromatic heterocycles. The Bertz CT molecular complexity index is 653. The summed E-state index contributed by atoms with van der Waals surface area (Å²) >= 11 is 0.954. The summed E-state index contributed by atoms with van der Waals surface area (Å²) in [5.41, 5.74) is -1.08. The number of rotatable bonds is 10. The second kappa shape index (κ2) is 12.6. The Kier molecular flexibility index (Phi) is 10.7. The first-order valence-corrected chi connectivity index (χ1v) is 11.3. The number of carboxylic acids is 1. The average molecular weight is 502 g/mol. The van der Waals surface area contributed by atoms with E-state index in [-0.39, 0.29) is 12.2 Å². The number of aliphatic hydroxyl groups is 7. The zero-order valence-electron chi connectivity index (χ0n) is 17.7. The van der Waals surface area contributed by atoms with E-state index in [1.807, 2.05) is 0 Å². The van der Waals surface area contributed by atoms with Gasteiger partial charge < -0.3 is 60.4 Å². The molecular formula is C18H31NO13S. The molecule has 0 radical (unpaired) electrons. The van der Waals surface area contributed by atoms with E-state index in [0.29, 0.717) is 0 Å². The van der Waals surface area contributed by atoms with Crippen molar-refractivity contribution < 1.29 is 64.7 Å². The summed E-state index contributed by atoms with van der Waals surface area (Å²) in [6, 6.07) is -1.16. The summed E-state index contributed by atoms with van der Waals surface area (Å²) in [5, 5.41) is 81.2. The Balaban J connectivity index is 2.00. The number of aliphatic carboxylic acids is 1. The van der Waals surface area contributed by atoms with Crippen LogP contribution in [-0.4, -0.2) is 138 Å². The van der Waals surface area contributed by atoms with Gasteiger partial charge in [-0.25, -0.2) is 4.79 Å². The SMILES string of the molecule is CC(=O)NC(CCS[C@@H]1O[C@H](CO)[C@@H](O[C@H]2O[C@H](CO)[C@@H](O)[C@H](O)[C@H]2O)[C@H](O)[C@H]1O)C(=O)O. The standard InChI is InChI=1S/C18H31NO13S/c1-6(22)19-7(16(28)29)2-3-33-18-14(27)12(25)15(9(5-21)31-18)32-17-13(26)11(24)10(23)8(4-20)30-17/h7-15,17-18,20-21,23-27H,2-5H2,1H3,(H,19,22)(H,28,29)/t7?,8-,9-,10-,11+,12-,13-,14-,15-,17-,18+/m1/s1. The van der Waals surface area contributed by atoms with Crippen LogP contribution in [0.1, 0.15) is 13.3 Å². The highest BCUT2D eigenvalue weighted by atomic mass is 32.2. The molecule has 15 heteroatoms. The van der Waals surface area contributed by atoms with E-state index in [2.05, 4.69) is 5.32 Å². The number of aliphatic hydroxyl groups excluding tert-OH is 7. The number of carbonyl (C=O) groups is 2. The summed E-state index contributed by atoms with van der Waals surface area (Å²) in [4.78, 5) is 22.3. The number of hydrogen-bond donors (Lipinski definition) is 9. The van der Waals surface area contributed by atoms with Crippen LogP contribution in [-0.2, 0) is 23.8 Å². The molecular weight excluding hydrogens is 470 g/mol. The molecule has 2 saturated heterocycles. The van der Waals surface area contributed by atoms with Gasteiger partial charge in [0.1, 0.15) is 60.3 Å². The minimum absolute atomic E-state index is 0.00313. The van der Waals surface area contributed by atoms with E-state index in [1.165, 1.54) is 6.92 Å². The fourth-order valence-corrected chi connectivity index (χ4v) is 4.68. The topological polar surface area (TPSA) is 236 Å². The molecule has 14 nitrogen and oxygen atoms in total. The molecule has 192 valence electrons. The van der Waals surface area contributed by atoms with Crippen LogP contribution in [0.25, 0.3) is 0 Å². The van der Waals surface area contributed by atoms with Crippen molar-refractivity contribution in [3.63, 3.8) is 0 Å². The quantitative estimate of drug-likeness (QED) is 0.137. The van der Waals surface area contributed by atoms with Crippen molar-refractivity contribution in [3.8, 4) is 0 Å². The lowest BCUT2D eigenvalue weighted by Crippen LogP contribution is -2.64. The van der Waals surface area contributed by atoms with E-state index in [4.69, 9.17) is 19.3 Å². The highest BCUT2D eigenvalue weighted by molar-refractivity contribution is 7.99. The van der Waals surface area contributed by atoms with Gasteiger partial charge in [-0.05, 0) is 12.2 Å². The number of amides is 1. The molecule has 2 heterocycles. The van der Waals surface area contributed by atoms with E-state index >= 15 is 0 Å². The van der Waals surface area contributed by atoms with Crippen molar-refractivity contribution >= 4 is 23.6 Å². The Hall–Kier alpha value is -1.11. The lowest BCUT2D eigenvalue weighted by atomic mass is 9.97. The van der Waals surface area contributed by atoms with Crippen molar-refractivity contribution in [1.82, 2.24) is 5.32 Å². The molecule has 33 heavy (non-hydrogen) atoms. The molecule has 1 amide bonds. The normalized spacial score (nSPS) is 40.2. The van der Waals surface area contributed by atoms with Gasteiger partial charge in [0.2, 0.25) is 5.91 Å². The Morgan fingerprint density at radius 2 is 1.58 bits per heavy atom. The molecule has 9 N–H and O–H groups in total. The maximum atomic E-state index is 11.2. The largest absolute Gasteiger partial charge is 0.480 e. The lowest BCUT2D eigenvalue weighted by molar-refractivity contribution is -0.338. The average Bonchev–Trinajstić information content (AvgIpc) is 2.77. The zero-order chi connectivity index (χ0) is 24.9. The molecule has 2 aliphatic rings. The van der Waals surface area contributed by atoms with Crippen LogP contribution < -0.4 is 5.32 Å². The number of ether oxygens (including phenoxy) is 3. The van der Waals surface area contributed by atoms with Gasteiger partial charge in [-0.2, -0.15) is 0 Å². The van der Waals surface area contributed by atoms with Crippen molar-refractivity contribution in [2.75, 3.05) is 19.0 Å². The Morgan fingerprint density at radius 1 is 0.939 bits per heavy atom. The fourth-order valence-electron chi connectivity index (χ4n) is 3.50. The van der Waals surface area contributed by atoms with Gasteiger partial charge in [0.25, 0.3) is 0 Å². The van der Waals surface area contributed by atoms with Gasteiger partial charge >= 0.3 is 5.97 Å². The molecule has 0 aliphatic carbocycles. The predicted octanol–water partition coefficient (Wildman–Crippen LogP) is -4.68. The van der Waals surface area contributed by atoms with Gasteiger partial charge in [-0.3, -0.25) is 4.79 Å². The monoisotopic (exact) mass is 501 g/mol. The second-order valence-electron chi connectivity index (χ2n) is 7.76. The smallest absolute Gasteiger partial charge is 0.326 e. The number of carbonyl (C=O) groups excluding carboxylic acids is 1. The van der Waals surface area contributed by atoms with Gasteiger partial charge in [0.05, 0.1) is 13.2 Å². The number of thioether (sulfide) groups is 1. The van der Waals surface area contributed by atoms with E-state index in [1.54, 1.807) is 0 Å². The van der Waals surface area contributed by atoms with Crippen molar-refractivity contribution in [1.29, 1.82) is 0 Å². The Labute approximate surface area is 193 Å². The molecule has 0 bridgehead atoms. The van der Waals surface area contributed by atoms with Crippen molar-refractivity contribution in [2.45, 2.75) is 79.9 Å². The molecule has 2 fully saturated rings. The minimum atomic E-state index is -1.76. The highest BCUT2D eigenvalue weighted by Crippen LogP contribution is 2.33. The van der Waals surface area contributed by atoms with Crippen LogP contribution in [0, 0.1) is 0 Å². The van der Waals surface area contributed by atoms with Crippen LogP contribution >= 0.6 is 11.8 Å². The molecule has 0 aromatic carbocycles. The predicted molar refractivity (Wildman–Crippen MR) is 109 cm³/mol. The zero-order valence-corrected chi connectivity index (χ0v) is 18.5. The van der Waals surface area contributed by atoms with Crippen molar-refractivity contribution in [3.05, 3.63) is 0 Å². The van der Waals surface area contributed by atoms with Crippen LogP contribution in [0.4, 0.5) is 0 Å². The van der Waals surface area contributed by atoms with Crippen LogP contribution in [0.5, 0.6) is 0 Å². The summed E-state index contributed by atoms with van der Waals surface area (Å²) in [5.74, 6) is -1.65. The third kappa shape index (κ3) is 6.95. The number of nitrogens with one attached hydrogen (secondary N) is 1. The molecule has 0 spiro atoms.